The molecule has 0 saturated heterocycles. The van der Waals surface area contributed by atoms with E-state index >= 15 is 0 Å². The zero-order valence-corrected chi connectivity index (χ0v) is 2.64. The average Bonchev–Trinajstić information content (AvgIpc) is 1.76. The molecule has 0 unspecified atom stereocenters. The van der Waals surface area contributed by atoms with Crippen molar-refractivity contribution in [2.45, 2.75) is 0 Å². The highest BCUT2D eigenvalue weighted by molar-refractivity contribution is 5.60. The maximum atomic E-state index is 4.54. The molecule has 0 saturated carbocycles. The van der Waals surface area contributed by atoms with Crippen molar-refractivity contribution in [3.05, 3.63) is 6.73 Å². The number of hydrogen-bond donors (Lipinski definition) is 0. The zero-order chi connectivity index (χ0) is 3.54. The van der Waals surface area contributed by atoms with E-state index in [0.29, 0.717) is 6.61 Å². The number of rotatable bonds is 0. The molecule has 5 heavy (non-hydrogen) atoms. The van der Waals surface area contributed by atoms with E-state index in [0.717, 1.165) is 0 Å². The molecule has 0 fully saturated rings. The van der Waals surface area contributed by atoms with Gasteiger partial charge < -0.3 is 4.74 Å². The first-order chi connectivity index (χ1) is 2.50. The van der Waals surface area contributed by atoms with Gasteiger partial charge in [-0.15, -0.1) is 0 Å². The van der Waals surface area contributed by atoms with E-state index in [-0.39, 0.29) is 0 Å². The van der Waals surface area contributed by atoms with E-state index in [1.807, 2.05) is 0 Å². The SMILES string of the molecule is [C]1=N[CH]OC1. The summed E-state index contributed by atoms with van der Waals surface area (Å²) in [4.78, 5) is 3.49. The van der Waals surface area contributed by atoms with E-state index < -0.39 is 0 Å². The first-order valence-electron chi connectivity index (χ1n) is 1.36. The first kappa shape index (κ1) is 2.85. The Morgan fingerprint density at radius 2 is 3.00 bits per heavy atom. The third kappa shape index (κ3) is 0.450. The summed E-state index contributed by atoms with van der Waals surface area (Å²) in [5, 5.41) is 0. The third-order valence-electron chi connectivity index (χ3n) is 0.366. The van der Waals surface area contributed by atoms with E-state index in [9.17, 15) is 0 Å². The molecule has 2 heteroatoms. The topological polar surface area (TPSA) is 21.6 Å². The molecular formula is C3H3NO. The van der Waals surface area contributed by atoms with E-state index in [4.69, 9.17) is 0 Å². The van der Waals surface area contributed by atoms with Crippen LogP contribution in [0.5, 0.6) is 0 Å². The van der Waals surface area contributed by atoms with Crippen LogP contribution < -0.4 is 0 Å². The maximum absolute atomic E-state index is 4.54. The molecule has 0 N–H and O–H groups in total. The van der Waals surface area contributed by atoms with Crippen LogP contribution in [0.1, 0.15) is 0 Å². The third-order valence-corrected chi connectivity index (χ3v) is 0.366. The molecule has 0 aromatic heterocycles. The van der Waals surface area contributed by atoms with Gasteiger partial charge in [0.05, 0.1) is 12.8 Å². The number of hydrogen-bond acceptors (Lipinski definition) is 2. The van der Waals surface area contributed by atoms with Crippen molar-refractivity contribution in [1.82, 2.24) is 0 Å². The fourth-order valence-corrected chi connectivity index (χ4v) is 0.186. The Hall–Kier alpha value is -0.370. The molecule has 0 amide bonds. The van der Waals surface area contributed by atoms with Gasteiger partial charge in [-0.25, -0.2) is 4.99 Å². The van der Waals surface area contributed by atoms with Gasteiger partial charge >= 0.3 is 0 Å². The minimum absolute atomic E-state index is 0.528. The summed E-state index contributed by atoms with van der Waals surface area (Å²) in [6.45, 7) is 1.90. The molecule has 0 spiro atoms. The van der Waals surface area contributed by atoms with Gasteiger partial charge in [0.25, 0.3) is 0 Å². The smallest absolute Gasteiger partial charge is 0.195 e. The van der Waals surface area contributed by atoms with Crippen LogP contribution in [-0.2, 0) is 4.74 Å². The van der Waals surface area contributed by atoms with E-state index in [1.54, 1.807) is 0 Å². The van der Waals surface area contributed by atoms with Gasteiger partial charge in [0.15, 0.2) is 6.73 Å². The normalized spacial score (nSPS) is 20.8. The lowest BCUT2D eigenvalue weighted by atomic mass is 10.8. The van der Waals surface area contributed by atoms with Crippen LogP contribution in [-0.4, -0.2) is 12.8 Å². The molecule has 2 radical (unpaired) electrons. The summed E-state index contributed by atoms with van der Waals surface area (Å²) in [5.41, 5.74) is 0. The van der Waals surface area contributed by atoms with Gasteiger partial charge in [-0.2, -0.15) is 0 Å². The molecule has 1 rings (SSSR count). The molecule has 2 nitrogen and oxygen atoms in total. The van der Waals surface area contributed by atoms with Crippen LogP contribution in [0.4, 0.5) is 0 Å². The standard InChI is InChI=1S/C3H3NO/c1-2-5-3-4-1/h3H,2H2. The molecule has 26 valence electrons. The lowest BCUT2D eigenvalue weighted by Crippen LogP contribution is -1.75. The second kappa shape index (κ2) is 1.17. The van der Waals surface area contributed by atoms with Crippen LogP contribution in [0.15, 0.2) is 4.99 Å². The van der Waals surface area contributed by atoms with Crippen molar-refractivity contribution in [2.75, 3.05) is 6.61 Å². The predicted octanol–water partition coefficient (Wildman–Crippen LogP) is 0.0837. The highest BCUT2D eigenvalue weighted by Gasteiger charge is 1.87. The second-order valence-electron chi connectivity index (χ2n) is 0.704. The average molecular weight is 69.1 g/mol. The van der Waals surface area contributed by atoms with Gasteiger partial charge in [0.1, 0.15) is 0 Å². The summed E-state index contributed by atoms with van der Waals surface area (Å²) in [7, 11) is 0. The van der Waals surface area contributed by atoms with Crippen molar-refractivity contribution >= 4 is 6.21 Å². The lowest BCUT2D eigenvalue weighted by Gasteiger charge is -1.73. The number of nitrogens with zero attached hydrogens (tertiary/aromatic N) is 1. The maximum Gasteiger partial charge on any atom is 0.195 e. The summed E-state index contributed by atoms with van der Waals surface area (Å²) in [6.07, 6.45) is 2.57. The quantitative estimate of drug-likeness (QED) is 0.395. The highest BCUT2D eigenvalue weighted by Crippen LogP contribution is 1.86. The second-order valence-corrected chi connectivity index (χ2v) is 0.704. The Bertz CT molecular complexity index is 44.9. The fraction of sp³-hybridized carbons (Fsp3) is 0.333. The van der Waals surface area contributed by atoms with E-state index in [1.165, 1.54) is 6.73 Å². The zero-order valence-electron chi connectivity index (χ0n) is 2.64. The monoisotopic (exact) mass is 69.0 g/mol. The largest absolute Gasteiger partial charge is 0.345 e. The van der Waals surface area contributed by atoms with Crippen LogP contribution >= 0.6 is 0 Å². The molecule has 0 aromatic carbocycles. The fourth-order valence-electron chi connectivity index (χ4n) is 0.186. The Morgan fingerprint density at radius 3 is 3.20 bits per heavy atom. The van der Waals surface area contributed by atoms with Gasteiger partial charge in [-0.3, -0.25) is 0 Å². The van der Waals surface area contributed by atoms with Gasteiger partial charge in [-0.1, -0.05) is 0 Å². The minimum Gasteiger partial charge on any atom is -0.345 e. The van der Waals surface area contributed by atoms with Crippen LogP contribution in [0.2, 0.25) is 0 Å². The molecule has 1 aliphatic heterocycles. The van der Waals surface area contributed by atoms with Crippen molar-refractivity contribution in [3.63, 3.8) is 0 Å². The lowest BCUT2D eigenvalue weighted by molar-refractivity contribution is 0.267. The molecule has 0 atom stereocenters. The Kier molecular flexibility index (Phi) is 0.667. The Labute approximate surface area is 30.5 Å². The Morgan fingerprint density at radius 1 is 2.00 bits per heavy atom. The summed E-state index contributed by atoms with van der Waals surface area (Å²) in [6, 6.07) is 0. The number of ether oxygens (including phenoxy) is 1. The van der Waals surface area contributed by atoms with Gasteiger partial charge in [-0.05, 0) is 0 Å². The van der Waals surface area contributed by atoms with Gasteiger partial charge in [0.2, 0.25) is 0 Å². The van der Waals surface area contributed by atoms with Crippen molar-refractivity contribution < 1.29 is 4.74 Å². The molecule has 0 aromatic rings. The minimum atomic E-state index is 0.528. The predicted molar refractivity (Wildman–Crippen MR) is 17.7 cm³/mol. The van der Waals surface area contributed by atoms with E-state index in [2.05, 4.69) is 15.9 Å². The molecule has 1 aliphatic rings. The van der Waals surface area contributed by atoms with Crippen molar-refractivity contribution in [3.8, 4) is 0 Å². The summed E-state index contributed by atoms with van der Waals surface area (Å²) in [5.74, 6) is 0. The first-order valence-corrected chi connectivity index (χ1v) is 1.36. The van der Waals surface area contributed by atoms with Crippen LogP contribution in [0, 0.1) is 6.73 Å². The summed E-state index contributed by atoms with van der Waals surface area (Å²) >= 11 is 0. The van der Waals surface area contributed by atoms with Gasteiger partial charge in [0, 0.05) is 0 Å². The van der Waals surface area contributed by atoms with Crippen molar-refractivity contribution in [1.29, 1.82) is 0 Å². The van der Waals surface area contributed by atoms with Crippen molar-refractivity contribution in [2.24, 2.45) is 4.99 Å². The Balaban J connectivity index is 2.32. The number of aliphatic imine (C=N–C) groups is 1. The molecule has 0 aliphatic carbocycles. The van der Waals surface area contributed by atoms with Crippen LogP contribution in [0.25, 0.3) is 0 Å². The van der Waals surface area contributed by atoms with Crippen LogP contribution in [0.3, 0.4) is 0 Å². The molecule has 1 heterocycles. The molecule has 0 bridgehead atoms. The molecular weight excluding hydrogens is 66.0 g/mol. The summed E-state index contributed by atoms with van der Waals surface area (Å²) < 4.78 is 4.54. The highest BCUT2D eigenvalue weighted by atomic mass is 16.5.